The molecule has 5 nitrogen and oxygen atoms in total. The fourth-order valence-electron chi connectivity index (χ4n) is 1.05. The van der Waals surface area contributed by atoms with E-state index in [1.807, 2.05) is 6.92 Å². The molecule has 0 saturated heterocycles. The molecule has 0 atom stereocenters. The van der Waals surface area contributed by atoms with Crippen LogP contribution in [0.5, 0.6) is 0 Å². The lowest BCUT2D eigenvalue weighted by molar-refractivity contribution is -0.137. The van der Waals surface area contributed by atoms with Gasteiger partial charge in [0.2, 0.25) is 5.91 Å². The van der Waals surface area contributed by atoms with Crippen LogP contribution in [0, 0.1) is 0 Å². The summed E-state index contributed by atoms with van der Waals surface area (Å²) in [5.41, 5.74) is 0. The normalized spacial score (nSPS) is 10.0. The SMILES string of the molecule is C=CCNC(=O)CN(CC)CCC(=O)O. The summed E-state index contributed by atoms with van der Waals surface area (Å²) >= 11 is 0. The van der Waals surface area contributed by atoms with Crippen molar-refractivity contribution in [2.75, 3.05) is 26.2 Å². The molecule has 0 spiro atoms. The molecular weight excluding hydrogens is 196 g/mol. The van der Waals surface area contributed by atoms with Gasteiger partial charge in [-0.1, -0.05) is 13.0 Å². The number of carboxylic acids is 1. The molecule has 0 saturated carbocycles. The van der Waals surface area contributed by atoms with Crippen molar-refractivity contribution in [3.63, 3.8) is 0 Å². The Labute approximate surface area is 89.8 Å². The van der Waals surface area contributed by atoms with Crippen LogP contribution in [0.1, 0.15) is 13.3 Å². The Morgan fingerprint density at radius 3 is 2.67 bits per heavy atom. The van der Waals surface area contributed by atoms with E-state index in [-0.39, 0.29) is 18.9 Å². The third kappa shape index (κ3) is 7.69. The molecule has 0 aliphatic heterocycles. The first-order valence-electron chi connectivity index (χ1n) is 4.91. The van der Waals surface area contributed by atoms with Crippen LogP contribution in [-0.4, -0.2) is 48.1 Å². The van der Waals surface area contributed by atoms with E-state index in [0.29, 0.717) is 19.6 Å². The third-order valence-corrected chi connectivity index (χ3v) is 1.90. The molecule has 0 aliphatic carbocycles. The van der Waals surface area contributed by atoms with Gasteiger partial charge in [0, 0.05) is 13.1 Å². The Balaban J connectivity index is 3.81. The lowest BCUT2D eigenvalue weighted by atomic mass is 10.3. The maximum atomic E-state index is 11.3. The Morgan fingerprint density at radius 1 is 1.53 bits per heavy atom. The molecule has 0 aromatic carbocycles. The number of amides is 1. The van der Waals surface area contributed by atoms with Crippen LogP contribution >= 0.6 is 0 Å². The van der Waals surface area contributed by atoms with E-state index >= 15 is 0 Å². The van der Waals surface area contributed by atoms with Gasteiger partial charge in [-0.2, -0.15) is 0 Å². The van der Waals surface area contributed by atoms with E-state index in [9.17, 15) is 9.59 Å². The fourth-order valence-corrected chi connectivity index (χ4v) is 1.05. The van der Waals surface area contributed by atoms with Gasteiger partial charge >= 0.3 is 5.97 Å². The number of carbonyl (C=O) groups is 2. The van der Waals surface area contributed by atoms with Crippen molar-refractivity contribution < 1.29 is 14.7 Å². The summed E-state index contributed by atoms with van der Waals surface area (Å²) in [7, 11) is 0. The van der Waals surface area contributed by atoms with Crippen LogP contribution in [0.4, 0.5) is 0 Å². The zero-order valence-corrected chi connectivity index (χ0v) is 9.03. The van der Waals surface area contributed by atoms with E-state index in [2.05, 4.69) is 11.9 Å². The van der Waals surface area contributed by atoms with Crippen molar-refractivity contribution >= 4 is 11.9 Å². The summed E-state index contributed by atoms with van der Waals surface area (Å²) in [5, 5.41) is 11.1. The average Bonchev–Trinajstić information content (AvgIpc) is 2.20. The van der Waals surface area contributed by atoms with Gasteiger partial charge in [-0.15, -0.1) is 6.58 Å². The third-order valence-electron chi connectivity index (χ3n) is 1.90. The van der Waals surface area contributed by atoms with Crippen LogP contribution in [-0.2, 0) is 9.59 Å². The van der Waals surface area contributed by atoms with E-state index in [4.69, 9.17) is 5.11 Å². The Morgan fingerprint density at radius 2 is 2.20 bits per heavy atom. The number of aliphatic carboxylic acids is 1. The Kier molecular flexibility index (Phi) is 7.27. The zero-order valence-electron chi connectivity index (χ0n) is 9.03. The van der Waals surface area contributed by atoms with Gasteiger partial charge in [-0.25, -0.2) is 0 Å². The van der Waals surface area contributed by atoms with Crippen molar-refractivity contribution in [3.8, 4) is 0 Å². The van der Waals surface area contributed by atoms with E-state index in [1.54, 1.807) is 11.0 Å². The number of nitrogens with zero attached hydrogens (tertiary/aromatic N) is 1. The highest BCUT2D eigenvalue weighted by atomic mass is 16.4. The quantitative estimate of drug-likeness (QED) is 0.562. The first kappa shape index (κ1) is 13.6. The number of carbonyl (C=O) groups excluding carboxylic acids is 1. The van der Waals surface area contributed by atoms with Gasteiger partial charge in [0.05, 0.1) is 13.0 Å². The van der Waals surface area contributed by atoms with Crippen LogP contribution in [0.3, 0.4) is 0 Å². The minimum absolute atomic E-state index is 0.0581. The molecule has 0 aromatic heterocycles. The number of carboxylic acid groups (broad SMARTS) is 1. The Hall–Kier alpha value is -1.36. The highest BCUT2D eigenvalue weighted by Crippen LogP contribution is 1.91. The molecule has 0 aromatic rings. The molecule has 2 N–H and O–H groups in total. The molecule has 0 fully saturated rings. The predicted octanol–water partition coefficient (Wildman–Crippen LogP) is 0.0852. The number of hydrogen-bond acceptors (Lipinski definition) is 3. The molecule has 0 rings (SSSR count). The molecule has 15 heavy (non-hydrogen) atoms. The van der Waals surface area contributed by atoms with Crippen LogP contribution in [0.15, 0.2) is 12.7 Å². The lowest BCUT2D eigenvalue weighted by Gasteiger charge is -2.18. The van der Waals surface area contributed by atoms with Crippen molar-refractivity contribution in [2.45, 2.75) is 13.3 Å². The second-order valence-electron chi connectivity index (χ2n) is 3.11. The molecule has 5 heteroatoms. The number of likely N-dealkylation sites (N-methyl/N-ethyl adjacent to an activating group) is 1. The summed E-state index contributed by atoms with van der Waals surface area (Å²) in [4.78, 5) is 23.4. The molecule has 0 bridgehead atoms. The van der Waals surface area contributed by atoms with Crippen molar-refractivity contribution in [3.05, 3.63) is 12.7 Å². The highest BCUT2D eigenvalue weighted by Gasteiger charge is 2.09. The van der Waals surface area contributed by atoms with Gasteiger partial charge in [-0.05, 0) is 6.54 Å². The minimum atomic E-state index is -0.847. The van der Waals surface area contributed by atoms with Crippen molar-refractivity contribution in [1.29, 1.82) is 0 Å². The molecule has 1 amide bonds. The maximum Gasteiger partial charge on any atom is 0.304 e. The topological polar surface area (TPSA) is 69.6 Å². The monoisotopic (exact) mass is 214 g/mol. The molecule has 0 heterocycles. The summed E-state index contributed by atoms with van der Waals surface area (Å²) in [6.07, 6.45) is 1.66. The summed E-state index contributed by atoms with van der Waals surface area (Å²) in [6, 6.07) is 0. The molecule has 86 valence electrons. The first-order valence-corrected chi connectivity index (χ1v) is 4.91. The van der Waals surface area contributed by atoms with Crippen LogP contribution in [0.2, 0.25) is 0 Å². The zero-order chi connectivity index (χ0) is 11.7. The second-order valence-corrected chi connectivity index (χ2v) is 3.11. The van der Waals surface area contributed by atoms with E-state index < -0.39 is 5.97 Å². The largest absolute Gasteiger partial charge is 0.481 e. The molecule has 0 unspecified atom stereocenters. The van der Waals surface area contributed by atoms with Gasteiger partial charge in [0.15, 0.2) is 0 Å². The van der Waals surface area contributed by atoms with E-state index in [0.717, 1.165) is 0 Å². The summed E-state index contributed by atoms with van der Waals surface area (Å²) < 4.78 is 0. The molecular formula is C10H18N2O3. The fraction of sp³-hybridized carbons (Fsp3) is 0.600. The molecule has 0 radical (unpaired) electrons. The number of nitrogens with one attached hydrogen (secondary N) is 1. The maximum absolute atomic E-state index is 11.3. The second kappa shape index (κ2) is 7.99. The standard InChI is InChI=1S/C10H18N2O3/c1-3-6-11-9(13)8-12(4-2)7-5-10(14)15/h3H,1,4-8H2,2H3,(H,11,13)(H,14,15). The highest BCUT2D eigenvalue weighted by molar-refractivity contribution is 5.78. The van der Waals surface area contributed by atoms with Gasteiger partial charge in [-0.3, -0.25) is 14.5 Å². The average molecular weight is 214 g/mol. The van der Waals surface area contributed by atoms with Gasteiger partial charge in [0.25, 0.3) is 0 Å². The van der Waals surface area contributed by atoms with Crippen LogP contribution in [0.25, 0.3) is 0 Å². The molecule has 0 aliphatic rings. The van der Waals surface area contributed by atoms with Crippen molar-refractivity contribution in [2.24, 2.45) is 0 Å². The summed E-state index contributed by atoms with van der Waals surface area (Å²) in [5.74, 6) is -0.956. The van der Waals surface area contributed by atoms with Gasteiger partial charge in [0.1, 0.15) is 0 Å². The van der Waals surface area contributed by atoms with Crippen molar-refractivity contribution in [1.82, 2.24) is 10.2 Å². The Bertz CT molecular complexity index is 229. The smallest absolute Gasteiger partial charge is 0.304 e. The predicted molar refractivity (Wildman–Crippen MR) is 57.6 cm³/mol. The van der Waals surface area contributed by atoms with Crippen LogP contribution < -0.4 is 5.32 Å². The minimum Gasteiger partial charge on any atom is -0.481 e. The summed E-state index contributed by atoms with van der Waals surface area (Å²) in [6.45, 7) is 7.11. The lowest BCUT2D eigenvalue weighted by Crippen LogP contribution is -2.38. The first-order chi connectivity index (χ1) is 7.10. The van der Waals surface area contributed by atoms with Gasteiger partial charge < -0.3 is 10.4 Å². The number of hydrogen-bond donors (Lipinski definition) is 2. The van der Waals surface area contributed by atoms with E-state index in [1.165, 1.54) is 0 Å². The number of rotatable bonds is 8.